The minimum Gasteiger partial charge on any atom is -0.399 e. The van der Waals surface area contributed by atoms with Crippen molar-refractivity contribution in [3.05, 3.63) is 65.4 Å². The minimum absolute atomic E-state index is 0.704. The summed E-state index contributed by atoms with van der Waals surface area (Å²) in [7, 11) is 0. The fourth-order valence-corrected chi connectivity index (χ4v) is 3.40. The van der Waals surface area contributed by atoms with E-state index in [0.717, 1.165) is 39.7 Å². The molecule has 3 nitrogen and oxygen atoms in total. The fraction of sp³-hybridized carbons (Fsp3) is 0.176. The van der Waals surface area contributed by atoms with Gasteiger partial charge in [0, 0.05) is 22.8 Å². The van der Waals surface area contributed by atoms with Gasteiger partial charge in [-0.15, -0.1) is 0 Å². The van der Waals surface area contributed by atoms with Crippen molar-refractivity contribution in [1.29, 1.82) is 0 Å². The summed E-state index contributed by atoms with van der Waals surface area (Å²) in [5, 5.41) is 12.4. The largest absolute Gasteiger partial charge is 0.399 e. The molecule has 0 saturated carbocycles. The van der Waals surface area contributed by atoms with Crippen molar-refractivity contribution < 1.29 is 5.11 Å². The lowest BCUT2D eigenvalue weighted by Crippen LogP contribution is -2.24. The van der Waals surface area contributed by atoms with Crippen LogP contribution in [0.15, 0.2) is 48.7 Å². The van der Waals surface area contributed by atoms with E-state index < -0.39 is 5.60 Å². The SMILES string of the molecule is Nc1ccc2c(c1)CCC2(O)c1cccc2[nH]ccc12. The summed E-state index contributed by atoms with van der Waals surface area (Å²) in [6.07, 6.45) is 3.48. The second kappa shape index (κ2) is 3.87. The maximum Gasteiger partial charge on any atom is 0.116 e. The molecule has 1 atom stereocenters. The third-order valence-corrected chi connectivity index (χ3v) is 4.37. The molecule has 1 aliphatic rings. The number of nitrogens with two attached hydrogens (primary N) is 1. The molecule has 0 spiro atoms. The van der Waals surface area contributed by atoms with E-state index in [4.69, 9.17) is 5.73 Å². The first-order valence-electron chi connectivity index (χ1n) is 6.86. The van der Waals surface area contributed by atoms with Gasteiger partial charge in [0.15, 0.2) is 0 Å². The highest BCUT2D eigenvalue weighted by molar-refractivity contribution is 5.84. The third kappa shape index (κ3) is 1.44. The number of H-pyrrole nitrogens is 1. The van der Waals surface area contributed by atoms with Crippen LogP contribution in [0.5, 0.6) is 0 Å². The normalized spacial score (nSPS) is 21.2. The Morgan fingerprint density at radius 3 is 2.90 bits per heavy atom. The van der Waals surface area contributed by atoms with E-state index >= 15 is 0 Å². The molecule has 0 aliphatic heterocycles. The first kappa shape index (κ1) is 11.6. The number of aromatic nitrogens is 1. The van der Waals surface area contributed by atoms with Gasteiger partial charge in [-0.1, -0.05) is 18.2 Å². The number of hydrogen-bond acceptors (Lipinski definition) is 2. The number of benzene rings is 2. The molecule has 0 saturated heterocycles. The van der Waals surface area contributed by atoms with E-state index in [0.29, 0.717) is 6.42 Å². The summed E-state index contributed by atoms with van der Waals surface area (Å²) >= 11 is 0. The van der Waals surface area contributed by atoms with Crippen LogP contribution in [0.3, 0.4) is 0 Å². The van der Waals surface area contributed by atoms with Crippen LogP contribution in [-0.4, -0.2) is 10.1 Å². The molecule has 0 bridgehead atoms. The van der Waals surface area contributed by atoms with Crippen LogP contribution < -0.4 is 5.73 Å². The zero-order valence-corrected chi connectivity index (χ0v) is 11.1. The van der Waals surface area contributed by atoms with Crippen LogP contribution in [0.1, 0.15) is 23.1 Å². The molecule has 4 rings (SSSR count). The highest BCUT2D eigenvalue weighted by Crippen LogP contribution is 2.44. The summed E-state index contributed by atoms with van der Waals surface area (Å²) in [5.41, 5.74) is 9.86. The summed E-state index contributed by atoms with van der Waals surface area (Å²) in [4.78, 5) is 3.20. The van der Waals surface area contributed by atoms with Crippen molar-refractivity contribution in [2.45, 2.75) is 18.4 Å². The monoisotopic (exact) mass is 264 g/mol. The Labute approximate surface area is 117 Å². The number of aromatic amines is 1. The topological polar surface area (TPSA) is 62.0 Å². The molecule has 4 N–H and O–H groups in total. The zero-order chi connectivity index (χ0) is 13.7. The maximum absolute atomic E-state index is 11.3. The summed E-state index contributed by atoms with van der Waals surface area (Å²) in [6.45, 7) is 0. The number of anilines is 1. The number of aliphatic hydroxyl groups is 1. The molecular formula is C17H16N2O. The molecule has 100 valence electrons. The Hall–Kier alpha value is -2.26. The molecule has 1 aliphatic carbocycles. The minimum atomic E-state index is -0.912. The Balaban J connectivity index is 1.97. The third-order valence-electron chi connectivity index (χ3n) is 4.37. The van der Waals surface area contributed by atoms with Crippen LogP contribution in [-0.2, 0) is 12.0 Å². The van der Waals surface area contributed by atoms with Crippen LogP contribution in [0, 0.1) is 0 Å². The van der Waals surface area contributed by atoms with Gasteiger partial charge in [-0.2, -0.15) is 0 Å². The van der Waals surface area contributed by atoms with E-state index in [9.17, 15) is 5.11 Å². The highest BCUT2D eigenvalue weighted by Gasteiger charge is 2.39. The molecular weight excluding hydrogens is 248 g/mol. The van der Waals surface area contributed by atoms with E-state index in [1.165, 1.54) is 0 Å². The molecule has 3 heteroatoms. The van der Waals surface area contributed by atoms with Gasteiger partial charge in [0.1, 0.15) is 5.60 Å². The van der Waals surface area contributed by atoms with E-state index in [1.54, 1.807) is 0 Å². The molecule has 1 unspecified atom stereocenters. The lowest BCUT2D eigenvalue weighted by Gasteiger charge is -2.25. The summed E-state index contributed by atoms with van der Waals surface area (Å²) < 4.78 is 0. The number of hydrogen-bond donors (Lipinski definition) is 3. The molecule has 20 heavy (non-hydrogen) atoms. The quantitative estimate of drug-likeness (QED) is 0.592. The van der Waals surface area contributed by atoms with Gasteiger partial charge in [0.2, 0.25) is 0 Å². The summed E-state index contributed by atoms with van der Waals surface area (Å²) in [6, 6.07) is 13.9. The second-order valence-corrected chi connectivity index (χ2v) is 5.52. The number of nitrogen functional groups attached to an aromatic ring is 1. The van der Waals surface area contributed by atoms with Crippen molar-refractivity contribution in [2.24, 2.45) is 0 Å². The molecule has 0 amide bonds. The molecule has 1 heterocycles. The van der Waals surface area contributed by atoms with Crippen LogP contribution in [0.4, 0.5) is 5.69 Å². The number of nitrogens with one attached hydrogen (secondary N) is 1. The fourth-order valence-electron chi connectivity index (χ4n) is 3.40. The van der Waals surface area contributed by atoms with Gasteiger partial charge in [-0.25, -0.2) is 0 Å². The van der Waals surface area contributed by atoms with Gasteiger partial charge in [0.05, 0.1) is 0 Å². The van der Waals surface area contributed by atoms with Gasteiger partial charge >= 0.3 is 0 Å². The van der Waals surface area contributed by atoms with Crippen molar-refractivity contribution in [2.75, 3.05) is 5.73 Å². The summed E-state index contributed by atoms with van der Waals surface area (Å²) in [5.74, 6) is 0. The first-order chi connectivity index (χ1) is 9.68. The predicted molar refractivity (Wildman–Crippen MR) is 80.5 cm³/mol. The Kier molecular flexibility index (Phi) is 2.24. The van der Waals surface area contributed by atoms with Gasteiger partial charge in [0.25, 0.3) is 0 Å². The second-order valence-electron chi connectivity index (χ2n) is 5.52. The van der Waals surface area contributed by atoms with Gasteiger partial charge in [-0.05, 0) is 53.8 Å². The Morgan fingerprint density at radius 1 is 1.10 bits per heavy atom. The van der Waals surface area contributed by atoms with Crippen molar-refractivity contribution in [1.82, 2.24) is 4.98 Å². The Morgan fingerprint density at radius 2 is 2.00 bits per heavy atom. The van der Waals surface area contributed by atoms with E-state index in [1.807, 2.05) is 48.7 Å². The predicted octanol–water partition coefficient (Wildman–Crippen LogP) is 2.93. The maximum atomic E-state index is 11.3. The first-order valence-corrected chi connectivity index (χ1v) is 6.86. The molecule has 0 radical (unpaired) electrons. The molecule has 3 aromatic rings. The average Bonchev–Trinajstić information content (AvgIpc) is 3.04. The van der Waals surface area contributed by atoms with Crippen molar-refractivity contribution >= 4 is 16.6 Å². The standard InChI is InChI=1S/C17H16N2O/c18-12-4-5-14-11(10-12)6-8-17(14,20)15-2-1-3-16-13(15)7-9-19-16/h1-5,7,9-10,19-20H,6,8,18H2. The number of rotatable bonds is 1. The average molecular weight is 264 g/mol. The lowest BCUT2D eigenvalue weighted by atomic mass is 9.86. The van der Waals surface area contributed by atoms with Crippen LogP contribution >= 0.6 is 0 Å². The van der Waals surface area contributed by atoms with E-state index in [-0.39, 0.29) is 0 Å². The highest BCUT2D eigenvalue weighted by atomic mass is 16.3. The lowest BCUT2D eigenvalue weighted by molar-refractivity contribution is 0.0845. The molecule has 2 aromatic carbocycles. The smallest absolute Gasteiger partial charge is 0.116 e. The Bertz CT molecular complexity index is 806. The van der Waals surface area contributed by atoms with Crippen molar-refractivity contribution in [3.63, 3.8) is 0 Å². The van der Waals surface area contributed by atoms with E-state index in [2.05, 4.69) is 4.98 Å². The molecule has 0 fully saturated rings. The van der Waals surface area contributed by atoms with Gasteiger partial charge < -0.3 is 15.8 Å². The number of fused-ring (bicyclic) bond motifs is 2. The number of aryl methyl sites for hydroxylation is 1. The van der Waals surface area contributed by atoms with Crippen LogP contribution in [0.25, 0.3) is 10.9 Å². The zero-order valence-electron chi connectivity index (χ0n) is 11.1. The van der Waals surface area contributed by atoms with Crippen LogP contribution in [0.2, 0.25) is 0 Å². The van der Waals surface area contributed by atoms with Crippen molar-refractivity contribution in [3.8, 4) is 0 Å². The molecule has 1 aromatic heterocycles. The van der Waals surface area contributed by atoms with Gasteiger partial charge in [-0.3, -0.25) is 0 Å².